The van der Waals surface area contributed by atoms with Gasteiger partial charge in [0.2, 0.25) is 0 Å². The van der Waals surface area contributed by atoms with E-state index in [9.17, 15) is 0 Å². The number of aromatic nitrogens is 1. The zero-order chi connectivity index (χ0) is 18.8. The Labute approximate surface area is 159 Å². The normalized spacial score (nSPS) is 12.6. The van der Waals surface area contributed by atoms with Crippen LogP contribution >= 0.6 is 0 Å². The van der Waals surface area contributed by atoms with Gasteiger partial charge < -0.3 is 10.3 Å². The molecule has 0 amide bonds. The maximum atomic E-state index is 6.13. The van der Waals surface area contributed by atoms with Crippen molar-refractivity contribution in [1.82, 2.24) is 4.57 Å². The predicted octanol–water partition coefficient (Wildman–Crippen LogP) is 4.35. The number of hydrogen-bond acceptors (Lipinski definition) is 1. The molecule has 0 atom stereocenters. The zero-order valence-corrected chi connectivity index (χ0v) is 15.4. The average Bonchev–Trinajstić information content (AvgIpc) is 3.00. The van der Waals surface area contributed by atoms with Crippen LogP contribution in [0.4, 0.5) is 0 Å². The number of benzene rings is 3. The van der Waals surface area contributed by atoms with Crippen LogP contribution in [0.15, 0.2) is 90.6 Å². The van der Waals surface area contributed by atoms with E-state index in [1.807, 2.05) is 31.2 Å². The van der Waals surface area contributed by atoms with Gasteiger partial charge in [0, 0.05) is 32.9 Å². The molecule has 0 aliphatic rings. The highest BCUT2D eigenvalue weighted by Crippen LogP contribution is 2.28. The van der Waals surface area contributed by atoms with Crippen LogP contribution in [0.25, 0.3) is 40.4 Å². The predicted molar refractivity (Wildman–Crippen MR) is 116 cm³/mol. The molecular formula is C25H22N2. The average molecular weight is 350 g/mol. The molecule has 0 unspecified atom stereocenters. The first-order valence-corrected chi connectivity index (χ1v) is 9.07. The van der Waals surface area contributed by atoms with E-state index in [1.165, 1.54) is 11.1 Å². The lowest BCUT2D eigenvalue weighted by molar-refractivity contribution is 1.07. The summed E-state index contributed by atoms with van der Waals surface area (Å²) in [6.07, 6.45) is 3.92. The van der Waals surface area contributed by atoms with Crippen LogP contribution in [0.1, 0.15) is 6.92 Å². The van der Waals surface area contributed by atoms with E-state index in [2.05, 4.69) is 77.9 Å². The maximum absolute atomic E-state index is 6.13. The Morgan fingerprint density at radius 1 is 0.889 bits per heavy atom. The number of rotatable bonds is 3. The molecule has 0 fully saturated rings. The quantitative estimate of drug-likeness (QED) is 0.585. The van der Waals surface area contributed by atoms with E-state index in [4.69, 9.17) is 5.73 Å². The molecule has 0 aliphatic heterocycles. The molecular weight excluding hydrogens is 328 g/mol. The van der Waals surface area contributed by atoms with Gasteiger partial charge in [-0.2, -0.15) is 0 Å². The molecule has 0 aliphatic carbocycles. The highest BCUT2D eigenvalue weighted by molar-refractivity contribution is 5.97. The summed E-state index contributed by atoms with van der Waals surface area (Å²) in [5, 5.41) is 3.14. The lowest BCUT2D eigenvalue weighted by Gasteiger charge is -2.10. The third kappa shape index (κ3) is 2.96. The largest absolute Gasteiger partial charge is 0.399 e. The van der Waals surface area contributed by atoms with E-state index in [0.29, 0.717) is 0 Å². The molecule has 0 bridgehead atoms. The number of para-hydroxylation sites is 2. The number of nitrogens with zero attached hydrogens (tertiary/aromatic N) is 1. The van der Waals surface area contributed by atoms with Crippen LogP contribution in [0, 0.1) is 0 Å². The summed E-state index contributed by atoms with van der Waals surface area (Å²) in [6, 6.07) is 27.2. The highest BCUT2D eigenvalue weighted by atomic mass is 15.0. The van der Waals surface area contributed by atoms with Crippen molar-refractivity contribution < 1.29 is 0 Å². The van der Waals surface area contributed by atoms with Crippen LogP contribution in [-0.4, -0.2) is 4.57 Å². The van der Waals surface area contributed by atoms with Crippen molar-refractivity contribution in [3.05, 3.63) is 101 Å². The highest BCUT2D eigenvalue weighted by Gasteiger charge is 2.13. The minimum atomic E-state index is 0.733. The van der Waals surface area contributed by atoms with Gasteiger partial charge in [-0.25, -0.2) is 0 Å². The van der Waals surface area contributed by atoms with Crippen LogP contribution in [0.2, 0.25) is 0 Å². The number of nitrogens with two attached hydrogens (primary N) is 1. The molecule has 2 nitrogen and oxygen atoms in total. The van der Waals surface area contributed by atoms with Crippen molar-refractivity contribution in [1.29, 1.82) is 0 Å². The molecule has 132 valence electrons. The third-order valence-electron chi connectivity index (χ3n) is 4.87. The van der Waals surface area contributed by atoms with Crippen LogP contribution < -0.4 is 16.3 Å². The summed E-state index contributed by atoms with van der Waals surface area (Å²) in [5.74, 6) is 0. The van der Waals surface area contributed by atoms with Crippen molar-refractivity contribution in [3.63, 3.8) is 0 Å². The van der Waals surface area contributed by atoms with Gasteiger partial charge in [-0.15, -0.1) is 0 Å². The minimum absolute atomic E-state index is 0.733. The Balaban J connectivity index is 2.20. The number of allylic oxidation sites excluding steroid dienone is 2. The Morgan fingerprint density at radius 2 is 1.56 bits per heavy atom. The second kappa shape index (κ2) is 7.00. The molecule has 0 radical (unpaired) electrons. The molecule has 4 rings (SSSR count). The van der Waals surface area contributed by atoms with Crippen LogP contribution in [-0.2, 0) is 0 Å². The van der Waals surface area contributed by atoms with Gasteiger partial charge in [-0.1, -0.05) is 79.4 Å². The Kier molecular flexibility index (Phi) is 4.39. The summed E-state index contributed by atoms with van der Waals surface area (Å²) in [6.45, 7) is 6.35. The van der Waals surface area contributed by atoms with Gasteiger partial charge in [0.15, 0.2) is 0 Å². The summed E-state index contributed by atoms with van der Waals surface area (Å²) < 4.78 is 2.23. The van der Waals surface area contributed by atoms with Gasteiger partial charge in [0.1, 0.15) is 0 Å². The minimum Gasteiger partial charge on any atom is -0.399 e. The summed E-state index contributed by atoms with van der Waals surface area (Å²) in [7, 11) is 0. The van der Waals surface area contributed by atoms with Crippen molar-refractivity contribution >= 4 is 23.6 Å². The first-order valence-electron chi connectivity index (χ1n) is 9.07. The van der Waals surface area contributed by atoms with E-state index in [1.54, 1.807) is 0 Å². The molecule has 4 aromatic rings. The Hall–Kier alpha value is -3.52. The van der Waals surface area contributed by atoms with Gasteiger partial charge >= 0.3 is 0 Å². The summed E-state index contributed by atoms with van der Waals surface area (Å²) >= 11 is 0. The van der Waals surface area contributed by atoms with Gasteiger partial charge in [0.25, 0.3) is 0 Å². The molecule has 0 spiro atoms. The molecule has 1 aromatic heterocycles. The van der Waals surface area contributed by atoms with E-state index in [-0.39, 0.29) is 0 Å². The maximum Gasteiger partial charge on any atom is 0.0619 e. The van der Waals surface area contributed by atoms with Crippen LogP contribution in [0.5, 0.6) is 0 Å². The van der Waals surface area contributed by atoms with Gasteiger partial charge in [-0.3, -0.25) is 0 Å². The molecule has 0 saturated heterocycles. The van der Waals surface area contributed by atoms with E-state index < -0.39 is 0 Å². The second-order valence-corrected chi connectivity index (χ2v) is 6.53. The standard InChI is InChI=1S/C25H22N2/c1-3-20(26)17-24-18(2)27(21-13-8-5-9-14-21)25-22(15-10-16-23(24)25)19-11-6-4-7-12-19/h3-17H,2,26H2,1H3/b20-3+,24-17+. The van der Waals surface area contributed by atoms with Gasteiger partial charge in [-0.05, 0) is 30.7 Å². The van der Waals surface area contributed by atoms with E-state index >= 15 is 0 Å². The zero-order valence-electron chi connectivity index (χ0n) is 15.4. The monoisotopic (exact) mass is 350 g/mol. The number of hydrogen-bond donors (Lipinski definition) is 1. The fraction of sp³-hybridized carbons (Fsp3) is 0.0400. The Bertz CT molecular complexity index is 1230. The lowest BCUT2D eigenvalue weighted by Crippen LogP contribution is -2.27. The van der Waals surface area contributed by atoms with Crippen molar-refractivity contribution in [2.45, 2.75) is 6.92 Å². The molecule has 0 saturated carbocycles. The van der Waals surface area contributed by atoms with Gasteiger partial charge in [0.05, 0.1) is 5.52 Å². The second-order valence-electron chi connectivity index (χ2n) is 6.53. The van der Waals surface area contributed by atoms with E-state index in [0.717, 1.165) is 32.9 Å². The van der Waals surface area contributed by atoms with Crippen molar-refractivity contribution in [3.8, 4) is 16.8 Å². The van der Waals surface area contributed by atoms with Crippen molar-refractivity contribution in [2.24, 2.45) is 5.73 Å². The SMILES string of the molecule is C=c1/c(=C\C(N)=C/C)c2cccc(-c3ccccc3)c2n1-c1ccccc1. The van der Waals surface area contributed by atoms with Crippen LogP contribution in [0.3, 0.4) is 0 Å². The fourth-order valence-corrected chi connectivity index (χ4v) is 3.54. The Morgan fingerprint density at radius 3 is 2.22 bits per heavy atom. The lowest BCUT2D eigenvalue weighted by atomic mass is 10.0. The molecule has 2 heteroatoms. The summed E-state index contributed by atoms with van der Waals surface area (Å²) in [4.78, 5) is 0. The molecule has 2 N–H and O–H groups in total. The molecule has 1 heterocycles. The number of fused-ring (bicyclic) bond motifs is 1. The van der Waals surface area contributed by atoms with Crippen molar-refractivity contribution in [2.75, 3.05) is 0 Å². The molecule has 3 aromatic carbocycles. The summed E-state index contributed by atoms with van der Waals surface area (Å²) in [5.41, 5.74) is 11.5. The first kappa shape index (κ1) is 16.9. The topological polar surface area (TPSA) is 30.9 Å². The molecule has 27 heavy (non-hydrogen) atoms. The fourth-order valence-electron chi connectivity index (χ4n) is 3.54. The first-order chi connectivity index (χ1) is 13.2. The smallest absolute Gasteiger partial charge is 0.0619 e. The third-order valence-corrected chi connectivity index (χ3v) is 4.87.